The topological polar surface area (TPSA) is 55.4 Å². The highest BCUT2D eigenvalue weighted by molar-refractivity contribution is 7.92. The van der Waals surface area contributed by atoms with E-state index in [0.717, 1.165) is 16.9 Å². The molecule has 0 bridgehead atoms. The van der Waals surface area contributed by atoms with E-state index < -0.39 is 9.84 Å². The van der Waals surface area contributed by atoms with Gasteiger partial charge in [0.25, 0.3) is 0 Å². The molecular weight excluding hydrogens is 238 g/mol. The van der Waals surface area contributed by atoms with E-state index in [2.05, 4.69) is 5.32 Å². The molecule has 1 aliphatic heterocycles. The van der Waals surface area contributed by atoms with Crippen LogP contribution in [0.15, 0.2) is 18.2 Å². The van der Waals surface area contributed by atoms with Crippen LogP contribution < -0.4 is 10.1 Å². The van der Waals surface area contributed by atoms with Gasteiger partial charge in [0, 0.05) is 12.6 Å². The summed E-state index contributed by atoms with van der Waals surface area (Å²) in [7, 11) is -1.33. The predicted octanol–water partition coefficient (Wildman–Crippen LogP) is 0.679. The summed E-state index contributed by atoms with van der Waals surface area (Å²) in [5, 5.41) is 3.02. The second-order valence-electron chi connectivity index (χ2n) is 4.61. The Bertz CT molecular complexity index is 553. The lowest BCUT2D eigenvalue weighted by atomic mass is 10.1. The fourth-order valence-corrected chi connectivity index (χ4v) is 4.59. The first-order valence-corrected chi connectivity index (χ1v) is 7.45. The van der Waals surface area contributed by atoms with Gasteiger partial charge in [-0.25, -0.2) is 8.42 Å². The SMILES string of the molecule is COc1ccc2c(c1)C1NCCS(=O)(=O)C1C2. The molecule has 0 amide bonds. The molecular formula is C12H15NO3S. The number of nitrogens with one attached hydrogen (secondary N) is 1. The third kappa shape index (κ3) is 1.65. The first-order chi connectivity index (χ1) is 8.12. The number of fused-ring (bicyclic) bond motifs is 3. The third-order valence-corrected chi connectivity index (χ3v) is 5.83. The van der Waals surface area contributed by atoms with Crippen molar-refractivity contribution in [3.8, 4) is 5.75 Å². The van der Waals surface area contributed by atoms with Crippen LogP contribution in [0.5, 0.6) is 5.75 Å². The van der Waals surface area contributed by atoms with E-state index in [0.29, 0.717) is 13.0 Å². The first kappa shape index (κ1) is 11.0. The normalized spacial score (nSPS) is 29.5. The molecule has 17 heavy (non-hydrogen) atoms. The van der Waals surface area contributed by atoms with Gasteiger partial charge in [-0.1, -0.05) is 6.07 Å². The minimum atomic E-state index is -2.95. The summed E-state index contributed by atoms with van der Waals surface area (Å²) in [5.74, 6) is 1.04. The monoisotopic (exact) mass is 253 g/mol. The van der Waals surface area contributed by atoms with Gasteiger partial charge in [-0.2, -0.15) is 0 Å². The van der Waals surface area contributed by atoms with Crippen LogP contribution in [0.25, 0.3) is 0 Å². The zero-order valence-corrected chi connectivity index (χ0v) is 10.5. The van der Waals surface area contributed by atoms with E-state index >= 15 is 0 Å². The standard InChI is InChI=1S/C12H15NO3S/c1-16-9-3-2-8-6-11-12(10(8)7-9)13-4-5-17(11,14)15/h2-3,7,11-13H,4-6H2,1H3. The lowest BCUT2D eigenvalue weighted by molar-refractivity contribution is 0.413. The Labute approximate surface area is 101 Å². The fraction of sp³-hybridized carbons (Fsp3) is 0.500. The highest BCUT2D eigenvalue weighted by Gasteiger charge is 2.43. The molecule has 0 aromatic heterocycles. The smallest absolute Gasteiger partial charge is 0.156 e. The van der Waals surface area contributed by atoms with Gasteiger partial charge in [-0.05, 0) is 29.7 Å². The number of rotatable bonds is 1. The largest absolute Gasteiger partial charge is 0.497 e. The molecule has 3 rings (SSSR count). The highest BCUT2D eigenvalue weighted by atomic mass is 32.2. The molecule has 2 aliphatic rings. The van der Waals surface area contributed by atoms with Crippen LogP contribution in [-0.4, -0.2) is 33.1 Å². The van der Waals surface area contributed by atoms with E-state index in [4.69, 9.17) is 4.74 Å². The fourth-order valence-electron chi connectivity index (χ4n) is 2.79. The number of hydrogen-bond donors (Lipinski definition) is 1. The maximum atomic E-state index is 12.0. The van der Waals surface area contributed by atoms with Crippen molar-refractivity contribution in [2.45, 2.75) is 17.7 Å². The maximum absolute atomic E-state index is 12.0. The van der Waals surface area contributed by atoms with E-state index in [1.807, 2.05) is 18.2 Å². The highest BCUT2D eigenvalue weighted by Crippen LogP contribution is 2.39. The minimum Gasteiger partial charge on any atom is -0.497 e. The number of hydrogen-bond acceptors (Lipinski definition) is 4. The Balaban J connectivity index is 2.06. The summed E-state index contributed by atoms with van der Waals surface area (Å²) in [6, 6.07) is 5.76. The minimum absolute atomic E-state index is 0.0566. The van der Waals surface area contributed by atoms with Gasteiger partial charge in [0.1, 0.15) is 5.75 Å². The zero-order valence-electron chi connectivity index (χ0n) is 9.64. The Morgan fingerprint density at radius 3 is 3.00 bits per heavy atom. The zero-order chi connectivity index (χ0) is 12.0. The van der Waals surface area contributed by atoms with E-state index in [1.54, 1.807) is 7.11 Å². The Kier molecular flexibility index (Phi) is 2.41. The second kappa shape index (κ2) is 3.71. The van der Waals surface area contributed by atoms with Crippen molar-refractivity contribution in [2.75, 3.05) is 19.4 Å². The number of methoxy groups -OCH3 is 1. The number of benzene rings is 1. The van der Waals surface area contributed by atoms with Crippen LogP contribution >= 0.6 is 0 Å². The van der Waals surface area contributed by atoms with Gasteiger partial charge in [0.05, 0.1) is 18.1 Å². The van der Waals surface area contributed by atoms with Crippen molar-refractivity contribution >= 4 is 9.84 Å². The molecule has 1 heterocycles. The molecule has 2 unspecified atom stereocenters. The van der Waals surface area contributed by atoms with Gasteiger partial charge >= 0.3 is 0 Å². The molecule has 4 nitrogen and oxygen atoms in total. The summed E-state index contributed by atoms with van der Waals surface area (Å²) >= 11 is 0. The molecule has 1 aliphatic carbocycles. The van der Waals surface area contributed by atoms with Gasteiger partial charge in [0.2, 0.25) is 0 Å². The van der Waals surface area contributed by atoms with Gasteiger partial charge in [-0.3, -0.25) is 0 Å². The van der Waals surface area contributed by atoms with Crippen molar-refractivity contribution in [3.63, 3.8) is 0 Å². The molecule has 0 spiro atoms. The Morgan fingerprint density at radius 2 is 2.24 bits per heavy atom. The summed E-state index contributed by atoms with van der Waals surface area (Å²) in [4.78, 5) is 0. The van der Waals surface area contributed by atoms with Gasteiger partial charge < -0.3 is 10.1 Å². The van der Waals surface area contributed by atoms with Crippen LogP contribution in [0.3, 0.4) is 0 Å². The predicted molar refractivity (Wildman–Crippen MR) is 65.0 cm³/mol. The van der Waals surface area contributed by atoms with Crippen LogP contribution in [0.1, 0.15) is 17.2 Å². The van der Waals surface area contributed by atoms with E-state index in [1.165, 1.54) is 0 Å². The molecule has 0 saturated carbocycles. The Morgan fingerprint density at radius 1 is 1.41 bits per heavy atom. The summed E-state index contributed by atoms with van der Waals surface area (Å²) < 4.78 is 29.2. The van der Waals surface area contributed by atoms with E-state index in [9.17, 15) is 8.42 Å². The first-order valence-electron chi connectivity index (χ1n) is 5.73. The van der Waals surface area contributed by atoms with Crippen LogP contribution in [0.2, 0.25) is 0 Å². The molecule has 1 aromatic carbocycles. The molecule has 1 aromatic rings. The van der Waals surface area contributed by atoms with Crippen molar-refractivity contribution < 1.29 is 13.2 Å². The molecule has 92 valence electrons. The molecule has 5 heteroatoms. The second-order valence-corrected chi connectivity index (χ2v) is 6.95. The van der Waals surface area contributed by atoms with Crippen molar-refractivity contribution in [3.05, 3.63) is 29.3 Å². The molecule has 2 atom stereocenters. The van der Waals surface area contributed by atoms with Crippen molar-refractivity contribution in [1.82, 2.24) is 5.32 Å². The van der Waals surface area contributed by atoms with Gasteiger partial charge in [0.15, 0.2) is 9.84 Å². The number of ether oxygens (including phenoxy) is 1. The average molecular weight is 253 g/mol. The maximum Gasteiger partial charge on any atom is 0.156 e. The summed E-state index contributed by atoms with van der Waals surface area (Å²) in [6.45, 7) is 0.542. The Hall–Kier alpha value is -1.07. The van der Waals surface area contributed by atoms with Crippen molar-refractivity contribution in [2.24, 2.45) is 0 Å². The van der Waals surface area contributed by atoms with Gasteiger partial charge in [-0.15, -0.1) is 0 Å². The molecule has 1 saturated heterocycles. The quantitative estimate of drug-likeness (QED) is 0.799. The molecule has 0 radical (unpaired) electrons. The molecule has 1 fully saturated rings. The average Bonchev–Trinajstić information content (AvgIpc) is 2.68. The van der Waals surface area contributed by atoms with Crippen LogP contribution in [0.4, 0.5) is 0 Å². The van der Waals surface area contributed by atoms with Crippen LogP contribution in [-0.2, 0) is 16.3 Å². The summed E-state index contributed by atoms with van der Waals surface area (Å²) in [5.41, 5.74) is 2.21. The molecule has 1 N–H and O–H groups in total. The van der Waals surface area contributed by atoms with E-state index in [-0.39, 0.29) is 17.0 Å². The van der Waals surface area contributed by atoms with Crippen molar-refractivity contribution in [1.29, 1.82) is 0 Å². The third-order valence-electron chi connectivity index (χ3n) is 3.69. The number of sulfone groups is 1. The van der Waals surface area contributed by atoms with Crippen LogP contribution in [0, 0.1) is 0 Å². The lowest BCUT2D eigenvalue weighted by Crippen LogP contribution is -2.44. The summed E-state index contributed by atoms with van der Waals surface area (Å²) in [6.07, 6.45) is 0.624. The lowest BCUT2D eigenvalue weighted by Gasteiger charge is -2.27.